The van der Waals surface area contributed by atoms with E-state index in [0.717, 1.165) is 19.3 Å². The van der Waals surface area contributed by atoms with Gasteiger partial charge in [0, 0.05) is 6.04 Å². The summed E-state index contributed by atoms with van der Waals surface area (Å²) in [4.78, 5) is 22.9. The SMILES string of the molecule is CC1(C)C(NC(=O)NC2(CC(=O)O)CCC2)C1(C)C. The number of carboxylic acids is 1. The summed E-state index contributed by atoms with van der Waals surface area (Å²) in [5.41, 5.74) is -0.354. The first-order valence-electron chi connectivity index (χ1n) is 6.91. The molecule has 2 amide bonds. The number of hydrogen-bond donors (Lipinski definition) is 3. The Hall–Kier alpha value is -1.26. The van der Waals surface area contributed by atoms with Gasteiger partial charge in [0.05, 0.1) is 12.0 Å². The number of aliphatic carboxylic acids is 1. The van der Waals surface area contributed by atoms with E-state index >= 15 is 0 Å². The minimum absolute atomic E-state index is 0.0118. The van der Waals surface area contributed by atoms with Crippen molar-refractivity contribution in [3.63, 3.8) is 0 Å². The third-order valence-corrected chi connectivity index (χ3v) is 5.48. The second-order valence-electron chi connectivity index (χ2n) is 7.18. The van der Waals surface area contributed by atoms with Crippen LogP contribution in [0.2, 0.25) is 0 Å². The second-order valence-corrected chi connectivity index (χ2v) is 7.18. The van der Waals surface area contributed by atoms with E-state index in [1.807, 2.05) is 0 Å². The van der Waals surface area contributed by atoms with Crippen LogP contribution in [0.15, 0.2) is 0 Å². The molecule has 2 fully saturated rings. The smallest absolute Gasteiger partial charge is 0.315 e. The van der Waals surface area contributed by atoms with Crippen molar-refractivity contribution in [3.05, 3.63) is 0 Å². The molecule has 3 N–H and O–H groups in total. The number of rotatable bonds is 4. The standard InChI is InChI=1S/C14H24N2O3/c1-12(2)10(13(12,3)4)15-11(19)16-14(6-5-7-14)8-9(17)18/h10H,5-8H2,1-4H3,(H,17,18)(H2,15,16,19). The van der Waals surface area contributed by atoms with Gasteiger partial charge in [-0.1, -0.05) is 27.7 Å². The van der Waals surface area contributed by atoms with Gasteiger partial charge in [-0.2, -0.15) is 0 Å². The van der Waals surface area contributed by atoms with Crippen LogP contribution < -0.4 is 10.6 Å². The number of nitrogens with one attached hydrogen (secondary N) is 2. The Labute approximate surface area is 114 Å². The van der Waals surface area contributed by atoms with Gasteiger partial charge >= 0.3 is 12.0 Å². The Bertz CT molecular complexity index is 397. The molecule has 0 bridgehead atoms. The van der Waals surface area contributed by atoms with E-state index in [9.17, 15) is 9.59 Å². The summed E-state index contributed by atoms with van der Waals surface area (Å²) >= 11 is 0. The Morgan fingerprint density at radius 2 is 1.68 bits per heavy atom. The normalized spacial score (nSPS) is 26.1. The van der Waals surface area contributed by atoms with E-state index in [1.165, 1.54) is 0 Å². The molecule has 5 heteroatoms. The molecule has 5 nitrogen and oxygen atoms in total. The average Bonchev–Trinajstić information content (AvgIpc) is 2.57. The van der Waals surface area contributed by atoms with Crippen molar-refractivity contribution >= 4 is 12.0 Å². The van der Waals surface area contributed by atoms with Crippen LogP contribution >= 0.6 is 0 Å². The van der Waals surface area contributed by atoms with E-state index in [-0.39, 0.29) is 29.3 Å². The molecule has 0 unspecified atom stereocenters. The zero-order valence-corrected chi connectivity index (χ0v) is 12.2. The third-order valence-electron chi connectivity index (χ3n) is 5.48. The third kappa shape index (κ3) is 2.30. The van der Waals surface area contributed by atoms with E-state index in [4.69, 9.17) is 5.11 Å². The molecule has 2 aliphatic rings. The molecule has 108 valence electrons. The predicted octanol–water partition coefficient (Wildman–Crippen LogP) is 2.12. The molecule has 19 heavy (non-hydrogen) atoms. The van der Waals surface area contributed by atoms with Gasteiger partial charge in [-0.05, 0) is 30.1 Å². The fraction of sp³-hybridized carbons (Fsp3) is 0.857. The van der Waals surface area contributed by atoms with Crippen LogP contribution in [0.4, 0.5) is 4.79 Å². The highest BCUT2D eigenvalue weighted by Crippen LogP contribution is 2.62. The molecule has 0 aromatic carbocycles. The van der Waals surface area contributed by atoms with Crippen molar-refractivity contribution < 1.29 is 14.7 Å². The minimum Gasteiger partial charge on any atom is -0.481 e. The van der Waals surface area contributed by atoms with E-state index < -0.39 is 11.5 Å². The number of amides is 2. The Morgan fingerprint density at radius 3 is 2.00 bits per heavy atom. The van der Waals surface area contributed by atoms with E-state index in [2.05, 4.69) is 38.3 Å². The van der Waals surface area contributed by atoms with Crippen LogP contribution in [-0.4, -0.2) is 28.7 Å². The van der Waals surface area contributed by atoms with Gasteiger partial charge in [0.2, 0.25) is 0 Å². The van der Waals surface area contributed by atoms with Gasteiger partial charge in [0.25, 0.3) is 0 Å². The van der Waals surface area contributed by atoms with Crippen molar-refractivity contribution in [1.29, 1.82) is 0 Å². The molecule has 0 atom stereocenters. The van der Waals surface area contributed by atoms with E-state index in [0.29, 0.717) is 0 Å². The summed E-state index contributed by atoms with van der Waals surface area (Å²) in [6.07, 6.45) is 2.50. The molecule has 0 heterocycles. The van der Waals surface area contributed by atoms with Gasteiger partial charge < -0.3 is 15.7 Å². The highest BCUT2D eigenvalue weighted by molar-refractivity contribution is 5.78. The maximum atomic E-state index is 12.0. The van der Waals surface area contributed by atoms with Crippen LogP contribution in [0.5, 0.6) is 0 Å². The summed E-state index contributed by atoms with van der Waals surface area (Å²) in [6.45, 7) is 8.53. The highest BCUT2D eigenvalue weighted by atomic mass is 16.4. The number of hydrogen-bond acceptors (Lipinski definition) is 2. The van der Waals surface area contributed by atoms with Gasteiger partial charge in [0.1, 0.15) is 0 Å². The monoisotopic (exact) mass is 268 g/mol. The fourth-order valence-corrected chi connectivity index (χ4v) is 3.20. The van der Waals surface area contributed by atoms with Crippen LogP contribution in [0.3, 0.4) is 0 Å². The molecule has 2 saturated carbocycles. The van der Waals surface area contributed by atoms with Crippen molar-refractivity contribution in [3.8, 4) is 0 Å². The molecular formula is C14H24N2O3. The Kier molecular flexibility index (Phi) is 3.07. The van der Waals surface area contributed by atoms with Gasteiger partial charge in [-0.15, -0.1) is 0 Å². The summed E-state index contributed by atoms with van der Waals surface area (Å²) in [5.74, 6) is -0.855. The lowest BCUT2D eigenvalue weighted by Crippen LogP contribution is -2.57. The summed E-state index contributed by atoms with van der Waals surface area (Å²) in [7, 11) is 0. The number of carbonyl (C=O) groups excluding carboxylic acids is 1. The highest BCUT2D eigenvalue weighted by Gasteiger charge is 2.65. The maximum absolute atomic E-state index is 12.0. The minimum atomic E-state index is -0.855. The van der Waals surface area contributed by atoms with Crippen LogP contribution in [0, 0.1) is 10.8 Å². The van der Waals surface area contributed by atoms with Crippen LogP contribution in [-0.2, 0) is 4.79 Å². The average molecular weight is 268 g/mol. The van der Waals surface area contributed by atoms with Crippen LogP contribution in [0.1, 0.15) is 53.4 Å². The molecule has 0 radical (unpaired) electrons. The Morgan fingerprint density at radius 1 is 1.16 bits per heavy atom. The summed E-state index contributed by atoms with van der Waals surface area (Å²) in [6, 6.07) is -0.0912. The lowest BCUT2D eigenvalue weighted by Gasteiger charge is -2.41. The van der Waals surface area contributed by atoms with Crippen molar-refractivity contribution in [1.82, 2.24) is 10.6 Å². The first kappa shape index (κ1) is 14.2. The van der Waals surface area contributed by atoms with Gasteiger partial charge in [0.15, 0.2) is 0 Å². The van der Waals surface area contributed by atoms with E-state index in [1.54, 1.807) is 0 Å². The molecule has 0 aromatic heterocycles. The number of urea groups is 1. The van der Waals surface area contributed by atoms with Gasteiger partial charge in [-0.25, -0.2) is 4.79 Å². The van der Waals surface area contributed by atoms with Crippen LogP contribution in [0.25, 0.3) is 0 Å². The zero-order valence-electron chi connectivity index (χ0n) is 12.2. The molecule has 0 spiro atoms. The maximum Gasteiger partial charge on any atom is 0.315 e. The number of carboxylic acid groups (broad SMARTS) is 1. The van der Waals surface area contributed by atoms with Crippen molar-refractivity contribution in [2.45, 2.75) is 65.0 Å². The second kappa shape index (κ2) is 4.12. The fourth-order valence-electron chi connectivity index (χ4n) is 3.20. The molecule has 0 aromatic rings. The topological polar surface area (TPSA) is 78.4 Å². The molecule has 2 aliphatic carbocycles. The van der Waals surface area contributed by atoms with Gasteiger partial charge in [-0.3, -0.25) is 4.79 Å². The lowest BCUT2D eigenvalue weighted by molar-refractivity contribution is -0.139. The summed E-state index contributed by atoms with van der Waals surface area (Å²) < 4.78 is 0. The first-order chi connectivity index (χ1) is 8.61. The quantitative estimate of drug-likeness (QED) is 0.730. The molecule has 2 rings (SSSR count). The molecule has 0 saturated heterocycles. The predicted molar refractivity (Wildman–Crippen MR) is 71.9 cm³/mol. The summed E-state index contributed by atoms with van der Waals surface area (Å²) in [5, 5.41) is 14.8. The Balaban J connectivity index is 1.90. The molecular weight excluding hydrogens is 244 g/mol. The first-order valence-corrected chi connectivity index (χ1v) is 6.91. The number of carbonyl (C=O) groups is 2. The van der Waals surface area contributed by atoms with Crippen molar-refractivity contribution in [2.75, 3.05) is 0 Å². The lowest BCUT2D eigenvalue weighted by atomic mass is 9.74. The zero-order chi connectivity index (χ0) is 14.5. The van der Waals surface area contributed by atoms with Crippen molar-refractivity contribution in [2.24, 2.45) is 10.8 Å². The largest absolute Gasteiger partial charge is 0.481 e. The molecule has 0 aliphatic heterocycles.